The molecule has 0 unspecified atom stereocenters. The number of rotatable bonds is 5. The number of H-pyrrole nitrogens is 1. The number of aromatic nitrogens is 4. The Morgan fingerprint density at radius 2 is 2.12 bits per heavy atom. The summed E-state index contributed by atoms with van der Waals surface area (Å²) in [7, 11) is 0. The fourth-order valence-corrected chi connectivity index (χ4v) is 2.99. The van der Waals surface area contributed by atoms with Gasteiger partial charge in [0.1, 0.15) is 11.6 Å². The Morgan fingerprint density at radius 3 is 2.79 bits per heavy atom. The largest absolute Gasteiger partial charge is 0.489 e. The molecule has 2 heterocycles. The minimum absolute atomic E-state index is 0.0264. The van der Waals surface area contributed by atoms with Gasteiger partial charge in [-0.05, 0) is 51.7 Å². The lowest BCUT2D eigenvalue weighted by Crippen LogP contribution is -2.40. The van der Waals surface area contributed by atoms with Crippen LogP contribution in [0.15, 0.2) is 18.3 Å². The number of carbonyl (C=O) groups excluding carboxylic acids is 1. The molecule has 1 amide bonds. The van der Waals surface area contributed by atoms with Gasteiger partial charge in [0.25, 0.3) is 0 Å². The smallest absolute Gasteiger partial charge is 0.227 e. The fraction of sp³-hybridized carbons (Fsp3) is 0.529. The van der Waals surface area contributed by atoms with Crippen LogP contribution in [0.2, 0.25) is 0 Å². The first-order chi connectivity index (χ1) is 11.6. The summed E-state index contributed by atoms with van der Waals surface area (Å²) in [4.78, 5) is 20.5. The number of aryl methyl sites for hydroxylation is 2. The molecule has 2 aromatic rings. The number of hydrogen-bond acceptors (Lipinski definition) is 5. The van der Waals surface area contributed by atoms with Gasteiger partial charge in [0.05, 0.1) is 18.2 Å². The molecule has 24 heavy (non-hydrogen) atoms. The van der Waals surface area contributed by atoms with E-state index < -0.39 is 0 Å². The van der Waals surface area contributed by atoms with E-state index >= 15 is 0 Å². The van der Waals surface area contributed by atoms with E-state index in [0.717, 1.165) is 43.0 Å². The lowest BCUT2D eigenvalue weighted by Gasteiger charge is -2.29. The minimum Gasteiger partial charge on any atom is -0.489 e. The van der Waals surface area contributed by atoms with E-state index in [-0.39, 0.29) is 24.5 Å². The van der Waals surface area contributed by atoms with Gasteiger partial charge in [-0.1, -0.05) is 0 Å². The zero-order chi connectivity index (χ0) is 16.9. The lowest BCUT2D eigenvalue weighted by atomic mass is 9.92. The molecule has 0 aliphatic heterocycles. The van der Waals surface area contributed by atoms with Crippen molar-refractivity contribution in [3.05, 3.63) is 35.7 Å². The highest BCUT2D eigenvalue weighted by atomic mass is 16.5. The average molecular weight is 329 g/mol. The van der Waals surface area contributed by atoms with Gasteiger partial charge in [-0.25, -0.2) is 4.98 Å². The van der Waals surface area contributed by atoms with Crippen molar-refractivity contribution >= 4 is 5.91 Å². The van der Waals surface area contributed by atoms with Gasteiger partial charge in [-0.15, -0.1) is 0 Å². The van der Waals surface area contributed by atoms with E-state index in [9.17, 15) is 4.79 Å². The van der Waals surface area contributed by atoms with Crippen LogP contribution in [0.1, 0.15) is 43.0 Å². The number of ether oxygens (including phenoxy) is 1. The second-order valence-corrected chi connectivity index (χ2v) is 6.26. The molecule has 1 fully saturated rings. The SMILES string of the molecule is Cc1nc(CC(=O)NC2CCC(Oc3cccnc3C)CC2)n[nH]1. The van der Waals surface area contributed by atoms with Gasteiger partial charge in [0.15, 0.2) is 5.82 Å². The first kappa shape index (κ1) is 16.4. The van der Waals surface area contributed by atoms with E-state index in [0.29, 0.717) is 5.82 Å². The summed E-state index contributed by atoms with van der Waals surface area (Å²) in [5, 5.41) is 9.81. The molecule has 1 aliphatic carbocycles. The van der Waals surface area contributed by atoms with Gasteiger partial charge in [0.2, 0.25) is 5.91 Å². The predicted molar refractivity (Wildman–Crippen MR) is 88.6 cm³/mol. The molecular formula is C17H23N5O2. The molecule has 2 aromatic heterocycles. The predicted octanol–water partition coefficient (Wildman–Crippen LogP) is 1.87. The van der Waals surface area contributed by atoms with Crippen molar-refractivity contribution in [1.82, 2.24) is 25.5 Å². The lowest BCUT2D eigenvalue weighted by molar-refractivity contribution is -0.121. The van der Waals surface area contributed by atoms with E-state index in [1.165, 1.54) is 0 Å². The molecule has 1 aliphatic rings. The van der Waals surface area contributed by atoms with Crippen LogP contribution in [0.5, 0.6) is 5.75 Å². The van der Waals surface area contributed by atoms with E-state index in [1.807, 2.05) is 26.0 Å². The molecule has 0 atom stereocenters. The summed E-state index contributed by atoms with van der Waals surface area (Å²) < 4.78 is 6.04. The van der Waals surface area contributed by atoms with Crippen LogP contribution in [0.4, 0.5) is 0 Å². The zero-order valence-corrected chi connectivity index (χ0v) is 14.1. The van der Waals surface area contributed by atoms with Crippen molar-refractivity contribution in [3.63, 3.8) is 0 Å². The topological polar surface area (TPSA) is 92.8 Å². The standard InChI is InChI=1S/C17H23N5O2/c1-11-15(4-3-9-18-11)24-14-7-5-13(6-8-14)20-17(23)10-16-19-12(2)21-22-16/h3-4,9,13-14H,5-8,10H2,1-2H3,(H,20,23)(H,19,21,22). The number of nitrogens with one attached hydrogen (secondary N) is 2. The quantitative estimate of drug-likeness (QED) is 0.873. The van der Waals surface area contributed by atoms with Crippen LogP contribution in [0.3, 0.4) is 0 Å². The molecule has 1 saturated carbocycles. The molecule has 0 radical (unpaired) electrons. The Bertz CT molecular complexity index is 692. The molecule has 0 bridgehead atoms. The maximum atomic E-state index is 12.1. The van der Waals surface area contributed by atoms with Gasteiger partial charge in [-0.2, -0.15) is 5.10 Å². The Labute approximate surface area is 141 Å². The molecule has 0 saturated heterocycles. The van der Waals surface area contributed by atoms with E-state index in [1.54, 1.807) is 6.20 Å². The normalized spacial score (nSPS) is 20.6. The van der Waals surface area contributed by atoms with E-state index in [2.05, 4.69) is 25.5 Å². The number of aromatic amines is 1. The van der Waals surface area contributed by atoms with Gasteiger partial charge < -0.3 is 10.1 Å². The second kappa shape index (κ2) is 7.42. The summed E-state index contributed by atoms with van der Waals surface area (Å²) in [6.45, 7) is 3.77. The molecule has 128 valence electrons. The number of carbonyl (C=O) groups is 1. The van der Waals surface area contributed by atoms with Crippen molar-refractivity contribution < 1.29 is 9.53 Å². The van der Waals surface area contributed by atoms with Crippen LogP contribution in [-0.2, 0) is 11.2 Å². The highest BCUT2D eigenvalue weighted by Crippen LogP contribution is 2.25. The van der Waals surface area contributed by atoms with Crippen LogP contribution >= 0.6 is 0 Å². The molecule has 7 nitrogen and oxygen atoms in total. The maximum absolute atomic E-state index is 12.1. The molecular weight excluding hydrogens is 306 g/mol. The molecule has 3 rings (SSSR count). The minimum atomic E-state index is -0.0264. The Kier molecular flexibility index (Phi) is 5.08. The number of pyridine rings is 1. The van der Waals surface area contributed by atoms with Gasteiger partial charge in [-0.3, -0.25) is 14.9 Å². The van der Waals surface area contributed by atoms with Crippen LogP contribution in [0.25, 0.3) is 0 Å². The molecule has 7 heteroatoms. The summed E-state index contributed by atoms with van der Waals surface area (Å²) in [5.74, 6) is 2.08. The monoisotopic (exact) mass is 329 g/mol. The first-order valence-electron chi connectivity index (χ1n) is 8.35. The third kappa shape index (κ3) is 4.31. The summed E-state index contributed by atoms with van der Waals surface area (Å²) >= 11 is 0. The number of amides is 1. The highest BCUT2D eigenvalue weighted by molar-refractivity contribution is 5.78. The Morgan fingerprint density at radius 1 is 1.33 bits per heavy atom. The van der Waals surface area contributed by atoms with Gasteiger partial charge >= 0.3 is 0 Å². The highest BCUT2D eigenvalue weighted by Gasteiger charge is 2.24. The number of nitrogens with zero attached hydrogens (tertiary/aromatic N) is 3. The van der Waals surface area contributed by atoms with Crippen LogP contribution < -0.4 is 10.1 Å². The van der Waals surface area contributed by atoms with Crippen LogP contribution in [0, 0.1) is 13.8 Å². The Hall–Kier alpha value is -2.44. The van der Waals surface area contributed by atoms with Crippen molar-refractivity contribution in [2.75, 3.05) is 0 Å². The average Bonchev–Trinajstić information content (AvgIpc) is 2.96. The van der Waals surface area contributed by atoms with Crippen LogP contribution in [-0.4, -0.2) is 38.2 Å². The number of hydrogen-bond donors (Lipinski definition) is 2. The molecule has 0 spiro atoms. The van der Waals surface area contributed by atoms with Crippen molar-refractivity contribution in [2.45, 2.75) is 58.1 Å². The van der Waals surface area contributed by atoms with E-state index in [4.69, 9.17) is 4.74 Å². The second-order valence-electron chi connectivity index (χ2n) is 6.26. The summed E-state index contributed by atoms with van der Waals surface area (Å²) in [5.41, 5.74) is 0.912. The fourth-order valence-electron chi connectivity index (χ4n) is 2.99. The third-order valence-corrected chi connectivity index (χ3v) is 4.25. The summed E-state index contributed by atoms with van der Waals surface area (Å²) in [6.07, 6.45) is 5.88. The Balaban J connectivity index is 1.43. The molecule has 2 N–H and O–H groups in total. The molecule has 0 aromatic carbocycles. The van der Waals surface area contributed by atoms with Crippen molar-refractivity contribution in [2.24, 2.45) is 0 Å². The maximum Gasteiger partial charge on any atom is 0.227 e. The third-order valence-electron chi connectivity index (χ3n) is 4.25. The zero-order valence-electron chi connectivity index (χ0n) is 14.1. The van der Waals surface area contributed by atoms with Crippen molar-refractivity contribution in [1.29, 1.82) is 0 Å². The first-order valence-corrected chi connectivity index (χ1v) is 8.35. The van der Waals surface area contributed by atoms with Crippen molar-refractivity contribution in [3.8, 4) is 5.75 Å². The summed E-state index contributed by atoms with van der Waals surface area (Å²) in [6, 6.07) is 4.04. The van der Waals surface area contributed by atoms with Gasteiger partial charge in [0, 0.05) is 12.2 Å².